The number of hydrogen-bond donors (Lipinski definition) is 1. The summed E-state index contributed by atoms with van der Waals surface area (Å²) in [5.41, 5.74) is 0. The molecule has 1 fully saturated rings. The van der Waals surface area contributed by atoms with Crippen LogP contribution in [0.5, 0.6) is 6.01 Å². The average molecular weight is 324 g/mol. The van der Waals surface area contributed by atoms with Crippen molar-refractivity contribution < 1.29 is 18.7 Å². The molecule has 1 aromatic heterocycles. The standard InChI is InChI=1S/C17H25FN2O3/c1-4-14(18)16-11(3)19-17(20-16)23-13-8-6-12(7-9-13)10-15(21)22-5-2/h12-13H,3-10H2,1-2H3,(H,19,20)/b16-14-. The van der Waals surface area contributed by atoms with Crippen molar-refractivity contribution in [2.45, 2.75) is 58.5 Å². The maximum atomic E-state index is 13.6. The minimum atomic E-state index is -0.292. The monoisotopic (exact) mass is 324 g/mol. The second kappa shape index (κ2) is 8.13. The maximum Gasteiger partial charge on any atom is 0.306 e. The van der Waals surface area contributed by atoms with Gasteiger partial charge in [0.2, 0.25) is 0 Å². The van der Waals surface area contributed by atoms with E-state index in [1.807, 2.05) is 6.92 Å². The third-order valence-corrected chi connectivity index (χ3v) is 4.16. The van der Waals surface area contributed by atoms with Gasteiger partial charge < -0.3 is 14.5 Å². The fraction of sp³-hybridized carbons (Fsp3) is 0.647. The van der Waals surface area contributed by atoms with Crippen molar-refractivity contribution >= 4 is 18.4 Å². The Morgan fingerprint density at radius 2 is 2.04 bits per heavy atom. The van der Waals surface area contributed by atoms with Crippen LogP contribution in [0.3, 0.4) is 0 Å². The summed E-state index contributed by atoms with van der Waals surface area (Å²) >= 11 is 0. The van der Waals surface area contributed by atoms with E-state index in [2.05, 4.69) is 16.5 Å². The van der Waals surface area contributed by atoms with Crippen molar-refractivity contribution in [2.75, 3.05) is 6.61 Å². The topological polar surface area (TPSA) is 64.2 Å². The number of carbonyl (C=O) groups excluding carboxylic acids is 1. The molecule has 1 heterocycles. The Balaban J connectivity index is 1.88. The first kappa shape index (κ1) is 17.5. The fourth-order valence-corrected chi connectivity index (χ4v) is 2.90. The predicted octanol–water partition coefficient (Wildman–Crippen LogP) is 2.20. The van der Waals surface area contributed by atoms with Gasteiger partial charge in [-0.2, -0.15) is 4.98 Å². The van der Waals surface area contributed by atoms with Gasteiger partial charge in [0.05, 0.1) is 12.0 Å². The van der Waals surface area contributed by atoms with Gasteiger partial charge in [0.25, 0.3) is 6.01 Å². The molecule has 0 spiro atoms. The van der Waals surface area contributed by atoms with Gasteiger partial charge in [-0.25, -0.2) is 4.39 Å². The molecule has 0 aliphatic heterocycles. The first-order valence-corrected chi connectivity index (χ1v) is 8.29. The molecule has 1 N–H and O–H groups in total. The maximum absolute atomic E-state index is 13.6. The number of imidazole rings is 1. The van der Waals surface area contributed by atoms with Crippen molar-refractivity contribution in [2.24, 2.45) is 5.92 Å². The Bertz CT molecular complexity index is 633. The van der Waals surface area contributed by atoms with Crippen LogP contribution in [-0.2, 0) is 9.53 Å². The number of nitrogens with one attached hydrogen (secondary N) is 1. The third-order valence-electron chi connectivity index (χ3n) is 4.16. The highest BCUT2D eigenvalue weighted by Gasteiger charge is 2.25. The molecule has 0 aromatic carbocycles. The molecule has 0 unspecified atom stereocenters. The predicted molar refractivity (Wildman–Crippen MR) is 85.8 cm³/mol. The first-order chi connectivity index (χ1) is 11.0. The second-order valence-corrected chi connectivity index (χ2v) is 5.90. The van der Waals surface area contributed by atoms with Crippen molar-refractivity contribution in [3.63, 3.8) is 0 Å². The number of hydrogen-bond acceptors (Lipinski definition) is 4. The molecule has 128 valence electrons. The molecule has 0 bridgehead atoms. The number of aromatic amines is 1. The number of halogens is 1. The zero-order valence-electron chi connectivity index (χ0n) is 13.9. The summed E-state index contributed by atoms with van der Waals surface area (Å²) in [5.74, 6) is -0.0607. The Morgan fingerprint density at radius 3 is 2.65 bits per heavy atom. The Labute approximate surface area is 135 Å². The third kappa shape index (κ3) is 4.81. The summed E-state index contributed by atoms with van der Waals surface area (Å²) in [6.07, 6.45) is 4.35. The number of carbonyl (C=O) groups is 1. The van der Waals surface area contributed by atoms with E-state index in [1.165, 1.54) is 0 Å². The number of ether oxygens (including phenoxy) is 2. The van der Waals surface area contributed by atoms with Crippen LogP contribution in [0.15, 0.2) is 0 Å². The molecule has 5 nitrogen and oxygen atoms in total. The molecular formula is C17H25FN2O3. The van der Waals surface area contributed by atoms with E-state index in [0.29, 0.717) is 30.3 Å². The minimum Gasteiger partial charge on any atom is -0.466 e. The van der Waals surface area contributed by atoms with E-state index < -0.39 is 0 Å². The molecule has 0 atom stereocenters. The summed E-state index contributed by atoms with van der Waals surface area (Å²) in [6, 6.07) is 0.322. The van der Waals surface area contributed by atoms with Crippen molar-refractivity contribution in [1.82, 2.24) is 9.97 Å². The van der Waals surface area contributed by atoms with Crippen LogP contribution in [0, 0.1) is 5.92 Å². The number of nitrogens with zero attached hydrogens (tertiary/aromatic N) is 1. The average Bonchev–Trinajstić information content (AvgIpc) is 2.89. The molecule has 1 aliphatic rings. The highest BCUT2D eigenvalue weighted by atomic mass is 19.1. The lowest BCUT2D eigenvalue weighted by Gasteiger charge is -2.27. The van der Waals surface area contributed by atoms with Crippen LogP contribution in [0.2, 0.25) is 0 Å². The highest BCUT2D eigenvalue weighted by Crippen LogP contribution is 2.28. The number of aromatic nitrogens is 2. The van der Waals surface area contributed by atoms with Gasteiger partial charge in [-0.1, -0.05) is 13.5 Å². The van der Waals surface area contributed by atoms with E-state index in [4.69, 9.17) is 9.47 Å². The SMILES string of the molecule is C=c1[nH]c(OC2CCC(CC(=O)OCC)CC2)n/c1=C(\F)CC. The van der Waals surface area contributed by atoms with Crippen molar-refractivity contribution in [3.8, 4) is 6.01 Å². The van der Waals surface area contributed by atoms with Gasteiger partial charge in [0.1, 0.15) is 17.3 Å². The van der Waals surface area contributed by atoms with Gasteiger partial charge in [0.15, 0.2) is 0 Å². The van der Waals surface area contributed by atoms with Crippen LogP contribution < -0.4 is 15.4 Å². The lowest BCUT2D eigenvalue weighted by molar-refractivity contribution is -0.144. The lowest BCUT2D eigenvalue weighted by atomic mass is 9.85. The summed E-state index contributed by atoms with van der Waals surface area (Å²) in [7, 11) is 0. The fourth-order valence-electron chi connectivity index (χ4n) is 2.90. The van der Waals surface area contributed by atoms with Crippen molar-refractivity contribution in [1.29, 1.82) is 0 Å². The zero-order chi connectivity index (χ0) is 16.8. The molecule has 1 aromatic rings. The van der Waals surface area contributed by atoms with Gasteiger partial charge in [-0.3, -0.25) is 4.79 Å². The van der Waals surface area contributed by atoms with Crippen LogP contribution in [-0.4, -0.2) is 28.6 Å². The van der Waals surface area contributed by atoms with Crippen molar-refractivity contribution in [3.05, 3.63) is 10.7 Å². The Morgan fingerprint density at radius 1 is 1.35 bits per heavy atom. The molecule has 1 saturated carbocycles. The molecule has 0 saturated heterocycles. The zero-order valence-corrected chi connectivity index (χ0v) is 13.9. The molecule has 23 heavy (non-hydrogen) atoms. The van der Waals surface area contributed by atoms with Crippen LogP contribution in [0.4, 0.5) is 4.39 Å². The highest BCUT2D eigenvalue weighted by molar-refractivity contribution is 5.69. The number of H-pyrrole nitrogens is 1. The van der Waals surface area contributed by atoms with E-state index >= 15 is 0 Å². The number of rotatable bonds is 6. The van der Waals surface area contributed by atoms with Gasteiger partial charge in [-0.15, -0.1) is 0 Å². The summed E-state index contributed by atoms with van der Waals surface area (Å²) < 4.78 is 24.4. The van der Waals surface area contributed by atoms with E-state index in [9.17, 15) is 9.18 Å². The Hall–Kier alpha value is -1.85. The van der Waals surface area contributed by atoms with E-state index in [-0.39, 0.29) is 29.7 Å². The lowest BCUT2D eigenvalue weighted by Crippen LogP contribution is -2.26. The summed E-state index contributed by atoms with van der Waals surface area (Å²) in [6.45, 7) is 7.73. The molecule has 6 heteroatoms. The molecule has 2 rings (SSSR count). The van der Waals surface area contributed by atoms with E-state index in [0.717, 1.165) is 25.7 Å². The largest absolute Gasteiger partial charge is 0.466 e. The first-order valence-electron chi connectivity index (χ1n) is 8.29. The van der Waals surface area contributed by atoms with Gasteiger partial charge in [0, 0.05) is 6.42 Å². The van der Waals surface area contributed by atoms with Crippen LogP contribution in [0.25, 0.3) is 12.4 Å². The van der Waals surface area contributed by atoms with Crippen LogP contribution >= 0.6 is 0 Å². The van der Waals surface area contributed by atoms with Gasteiger partial charge in [-0.05, 0) is 44.9 Å². The van der Waals surface area contributed by atoms with Crippen LogP contribution in [0.1, 0.15) is 52.4 Å². The second-order valence-electron chi connectivity index (χ2n) is 5.90. The smallest absolute Gasteiger partial charge is 0.306 e. The Kier molecular flexibility index (Phi) is 6.19. The summed E-state index contributed by atoms with van der Waals surface area (Å²) in [5, 5.41) is 0.689. The normalized spacial score (nSPS) is 22.6. The van der Waals surface area contributed by atoms with Gasteiger partial charge >= 0.3 is 5.97 Å². The molecule has 0 amide bonds. The molecule has 1 aliphatic carbocycles. The summed E-state index contributed by atoms with van der Waals surface area (Å²) in [4.78, 5) is 18.5. The minimum absolute atomic E-state index is 0.0385. The number of esters is 1. The molecule has 0 radical (unpaired) electrons. The van der Waals surface area contributed by atoms with E-state index in [1.54, 1.807) is 6.92 Å². The quantitative estimate of drug-likeness (QED) is 0.815. The molecular weight excluding hydrogens is 299 g/mol.